The maximum Gasteiger partial charge on any atom is 0 e. The van der Waals surface area contributed by atoms with Gasteiger partial charge in [-0.1, -0.05) is 41.0 Å². The molecule has 0 saturated carbocycles. The summed E-state index contributed by atoms with van der Waals surface area (Å²) < 4.78 is 0. The van der Waals surface area contributed by atoms with Crippen molar-refractivity contribution in [2.45, 2.75) is 47.5 Å². The zero-order valence-electron chi connectivity index (χ0n) is 10.4. The molecule has 0 nitrogen and oxygen atoms in total. The zero-order valence-corrected chi connectivity index (χ0v) is 16.2. The van der Waals surface area contributed by atoms with Gasteiger partial charge in [-0.2, -0.15) is 11.3 Å². The van der Waals surface area contributed by atoms with Gasteiger partial charge in [-0.25, -0.2) is 0 Å². The van der Waals surface area contributed by atoms with Gasteiger partial charge in [0.15, 0.2) is 0 Å². The normalized spacial score (nSPS) is 17.4. The summed E-state index contributed by atoms with van der Waals surface area (Å²) in [4.78, 5) is 0. The number of hydrogen-bond acceptors (Lipinski definition) is 0. The van der Waals surface area contributed by atoms with Crippen molar-refractivity contribution in [1.82, 2.24) is 0 Å². The molecule has 2 heteroatoms. The summed E-state index contributed by atoms with van der Waals surface area (Å²) in [5, 5.41) is 0. The van der Waals surface area contributed by atoms with Gasteiger partial charge in [-0.15, -0.1) is 6.42 Å². The van der Waals surface area contributed by atoms with Crippen LogP contribution in [0.15, 0.2) is 0 Å². The summed E-state index contributed by atoms with van der Waals surface area (Å²) in [5.41, 5.74) is 0.574. The molecule has 0 aliphatic heterocycles. The zero-order chi connectivity index (χ0) is 9.99. The fourth-order valence-electron chi connectivity index (χ4n) is 2.19. The summed E-state index contributed by atoms with van der Waals surface area (Å²) >= 11 is 0. The van der Waals surface area contributed by atoms with Crippen molar-refractivity contribution < 1.29 is 53.8 Å². The van der Waals surface area contributed by atoms with Crippen LogP contribution >= 0.6 is 0 Å². The van der Waals surface area contributed by atoms with E-state index in [-0.39, 0.29) is 59.2 Å². The van der Waals surface area contributed by atoms with Crippen LogP contribution in [0.25, 0.3) is 0 Å². The maximum atomic E-state index is 4.26. The fourth-order valence-corrected chi connectivity index (χ4v) is 2.19. The van der Waals surface area contributed by atoms with Gasteiger partial charge in [-0.3, -0.25) is 0 Å². The topological polar surface area (TPSA) is 0 Å². The molecule has 0 fully saturated rings. The molecular weight excluding hydrogens is 417 g/mol. The minimum absolute atomic E-state index is 0. The van der Waals surface area contributed by atoms with Gasteiger partial charge >= 0.3 is 0 Å². The molecule has 0 aromatic carbocycles. The first kappa shape index (κ1) is 21.1. The van der Waals surface area contributed by atoms with Crippen molar-refractivity contribution in [3.8, 4) is 0 Å². The third-order valence-corrected chi connectivity index (χ3v) is 1.80. The van der Waals surface area contributed by atoms with Crippen LogP contribution in [-0.2, 0) is 53.8 Å². The smallest absolute Gasteiger partial charge is 0 e. The van der Waals surface area contributed by atoms with Crippen molar-refractivity contribution in [2.75, 3.05) is 0 Å². The van der Waals surface area contributed by atoms with Crippen molar-refractivity contribution in [2.24, 2.45) is 16.7 Å². The molecule has 0 N–H and O–H groups in total. The van der Waals surface area contributed by atoms with E-state index >= 15 is 0 Å². The maximum absolute atomic E-state index is 4.26. The van der Waals surface area contributed by atoms with E-state index in [1.165, 1.54) is 6.42 Å². The van der Waals surface area contributed by atoms with Gasteiger partial charge < -0.3 is 13.8 Å². The number of rotatable bonds is 3. The molecular formula is C12H24WY-2. The Morgan fingerprint density at radius 3 is 1.71 bits per heavy atom. The first-order chi connectivity index (χ1) is 5.12. The van der Waals surface area contributed by atoms with Crippen LogP contribution < -0.4 is 0 Å². The summed E-state index contributed by atoms with van der Waals surface area (Å²) in [6.07, 6.45) is 2.28. The molecule has 0 amide bonds. The Bertz CT molecular complexity index is 134. The minimum Gasteiger partial charge on any atom is -0.341 e. The van der Waals surface area contributed by atoms with E-state index in [9.17, 15) is 0 Å². The van der Waals surface area contributed by atoms with E-state index in [0.717, 1.165) is 6.42 Å². The molecule has 0 rings (SSSR count). The summed E-state index contributed by atoms with van der Waals surface area (Å²) in [5.74, 6) is 0.509. The predicted octanol–water partition coefficient (Wildman–Crippen LogP) is 4.12. The van der Waals surface area contributed by atoms with E-state index in [2.05, 4.69) is 48.5 Å². The third kappa shape index (κ3) is 13.8. The molecule has 0 bridgehead atoms. The SMILES string of the molecule is [CH2-][C@H](C)C[C@]([CH2-])(C)CC(C)(C)C.[W].[Y]. The van der Waals surface area contributed by atoms with Gasteiger partial charge in [0.25, 0.3) is 0 Å². The molecule has 0 aliphatic rings. The standard InChI is InChI=1S/C12H24.W.Y/c1-10(2)8-12(6,7)9-11(3,4)5;;/h10H,1,6,8-9H2,2-5,7H3;;/q-2;;/t10-,12+;;/m1../s1. The second-order valence-corrected chi connectivity index (χ2v) is 5.86. The second kappa shape index (κ2) is 7.97. The Morgan fingerprint density at radius 2 is 1.50 bits per heavy atom. The average Bonchev–Trinajstić information content (AvgIpc) is 1.48. The quantitative estimate of drug-likeness (QED) is 0.579. The molecule has 0 aliphatic carbocycles. The molecule has 0 saturated heterocycles. The van der Waals surface area contributed by atoms with Crippen molar-refractivity contribution >= 4 is 0 Å². The largest absolute Gasteiger partial charge is 0.341 e. The van der Waals surface area contributed by atoms with Gasteiger partial charge in [-0.05, 0) is 5.41 Å². The van der Waals surface area contributed by atoms with Gasteiger partial charge in [0.1, 0.15) is 0 Å². The van der Waals surface area contributed by atoms with Gasteiger partial charge in [0.05, 0.1) is 0 Å². The van der Waals surface area contributed by atoms with Crippen LogP contribution in [0.4, 0.5) is 0 Å². The van der Waals surface area contributed by atoms with Gasteiger partial charge in [0, 0.05) is 53.8 Å². The Hall–Kier alpha value is 1.79. The van der Waals surface area contributed by atoms with Gasteiger partial charge in [0.2, 0.25) is 0 Å². The monoisotopic (exact) mass is 441 g/mol. The Balaban J connectivity index is -0.000000605. The summed E-state index contributed by atoms with van der Waals surface area (Å²) in [6.45, 7) is 19.5. The summed E-state index contributed by atoms with van der Waals surface area (Å²) in [7, 11) is 0. The molecule has 0 spiro atoms. The fraction of sp³-hybridized carbons (Fsp3) is 0.833. The Kier molecular flexibility index (Phi) is 12.0. The van der Waals surface area contributed by atoms with E-state index in [1.807, 2.05) is 0 Å². The Morgan fingerprint density at radius 1 is 1.14 bits per heavy atom. The van der Waals surface area contributed by atoms with E-state index in [1.54, 1.807) is 0 Å². The molecule has 0 heterocycles. The van der Waals surface area contributed by atoms with E-state index in [0.29, 0.717) is 11.3 Å². The molecule has 0 aromatic rings. The molecule has 83 valence electrons. The molecule has 0 unspecified atom stereocenters. The molecule has 2 atom stereocenters. The van der Waals surface area contributed by atoms with Crippen LogP contribution in [0.2, 0.25) is 0 Å². The average molecular weight is 441 g/mol. The molecule has 0 aromatic heterocycles. The minimum atomic E-state index is 0. The third-order valence-electron chi connectivity index (χ3n) is 1.80. The van der Waals surface area contributed by atoms with E-state index < -0.39 is 0 Å². The number of hydrogen-bond donors (Lipinski definition) is 0. The van der Waals surface area contributed by atoms with Crippen LogP contribution in [0.1, 0.15) is 47.5 Å². The van der Waals surface area contributed by atoms with Crippen LogP contribution in [0.3, 0.4) is 0 Å². The van der Waals surface area contributed by atoms with Crippen LogP contribution in [0, 0.1) is 30.6 Å². The van der Waals surface area contributed by atoms with Crippen molar-refractivity contribution in [1.29, 1.82) is 0 Å². The van der Waals surface area contributed by atoms with Crippen molar-refractivity contribution in [3.63, 3.8) is 0 Å². The predicted molar refractivity (Wildman–Crippen MR) is 56.7 cm³/mol. The van der Waals surface area contributed by atoms with Crippen LogP contribution in [-0.4, -0.2) is 0 Å². The van der Waals surface area contributed by atoms with E-state index in [4.69, 9.17) is 0 Å². The molecule has 14 heavy (non-hydrogen) atoms. The summed E-state index contributed by atoms with van der Waals surface area (Å²) in [6, 6.07) is 0. The Labute approximate surface area is 131 Å². The first-order valence-corrected chi connectivity index (χ1v) is 4.81. The van der Waals surface area contributed by atoms with Crippen molar-refractivity contribution in [3.05, 3.63) is 13.8 Å². The molecule has 1 radical (unpaired) electrons. The van der Waals surface area contributed by atoms with Crippen LogP contribution in [0.5, 0.6) is 0 Å². The first-order valence-electron chi connectivity index (χ1n) is 4.81. The second-order valence-electron chi connectivity index (χ2n) is 5.86.